The highest BCUT2D eigenvalue weighted by Crippen LogP contribution is 2.32. The molecule has 0 aliphatic carbocycles. The number of aliphatic hydroxyl groups excluding tert-OH is 1. The molecule has 2 heterocycles. The summed E-state index contributed by atoms with van der Waals surface area (Å²) in [6.07, 6.45) is 1.37. The molecule has 1 aromatic heterocycles. The molecule has 0 saturated carbocycles. The zero-order valence-corrected chi connectivity index (χ0v) is 11.6. The van der Waals surface area contributed by atoms with E-state index < -0.39 is 0 Å². The Morgan fingerprint density at radius 1 is 1.24 bits per heavy atom. The van der Waals surface area contributed by atoms with Gasteiger partial charge in [0.15, 0.2) is 5.82 Å². The van der Waals surface area contributed by atoms with Gasteiger partial charge in [0, 0.05) is 18.7 Å². The van der Waals surface area contributed by atoms with Gasteiger partial charge in [-0.15, -0.1) is 10.2 Å². The summed E-state index contributed by atoms with van der Waals surface area (Å²) in [6, 6.07) is 8.79. The van der Waals surface area contributed by atoms with Gasteiger partial charge in [0.25, 0.3) is 0 Å². The van der Waals surface area contributed by atoms with Crippen LogP contribution in [0, 0.1) is 0 Å². The van der Waals surface area contributed by atoms with Crippen LogP contribution in [0.1, 0.15) is 12.8 Å². The molecule has 4 N–H and O–H groups in total. The predicted molar refractivity (Wildman–Crippen MR) is 81.0 cm³/mol. The zero-order chi connectivity index (χ0) is 14.8. The topological polar surface area (TPSA) is 95.5 Å². The van der Waals surface area contributed by atoms with E-state index in [9.17, 15) is 10.2 Å². The Morgan fingerprint density at radius 3 is 2.81 bits per heavy atom. The van der Waals surface area contributed by atoms with Gasteiger partial charge >= 0.3 is 0 Å². The molecule has 6 heteroatoms. The van der Waals surface area contributed by atoms with Crippen LogP contribution < -0.4 is 10.6 Å². The molecule has 0 radical (unpaired) electrons. The lowest BCUT2D eigenvalue weighted by molar-refractivity contribution is 0.154. The molecule has 0 bridgehead atoms. The third-order valence-corrected chi connectivity index (χ3v) is 3.72. The van der Waals surface area contributed by atoms with Crippen LogP contribution in [0.25, 0.3) is 11.3 Å². The molecule has 2 aromatic rings. The van der Waals surface area contributed by atoms with E-state index >= 15 is 0 Å². The van der Waals surface area contributed by atoms with Crippen molar-refractivity contribution < 1.29 is 10.2 Å². The Balaban J connectivity index is 1.98. The second-order valence-corrected chi connectivity index (χ2v) is 5.26. The van der Waals surface area contributed by atoms with E-state index in [0.717, 1.165) is 25.1 Å². The maximum Gasteiger partial charge on any atom is 0.169 e. The Kier molecular flexibility index (Phi) is 3.62. The molecular formula is C15H18N4O2. The molecule has 1 aliphatic rings. The molecule has 1 atom stereocenters. The number of β-amino-alcohol motifs (C(OH)–C–C–N with tert-alkyl or cyclic N) is 1. The maximum absolute atomic E-state index is 9.92. The second-order valence-electron chi connectivity index (χ2n) is 5.26. The van der Waals surface area contributed by atoms with E-state index in [0.29, 0.717) is 23.6 Å². The van der Waals surface area contributed by atoms with E-state index in [2.05, 4.69) is 10.2 Å². The van der Waals surface area contributed by atoms with Crippen molar-refractivity contribution >= 4 is 11.5 Å². The second kappa shape index (κ2) is 5.57. The van der Waals surface area contributed by atoms with Crippen molar-refractivity contribution in [2.45, 2.75) is 18.9 Å². The fourth-order valence-electron chi connectivity index (χ4n) is 2.64. The summed E-state index contributed by atoms with van der Waals surface area (Å²) in [6.45, 7) is 1.36. The number of nitrogens with zero attached hydrogens (tertiary/aromatic N) is 3. The minimum atomic E-state index is -0.347. The zero-order valence-electron chi connectivity index (χ0n) is 11.6. The number of anilines is 2. The van der Waals surface area contributed by atoms with Crippen molar-refractivity contribution in [1.82, 2.24) is 10.2 Å². The Bertz CT molecular complexity index is 647. The summed E-state index contributed by atoms with van der Waals surface area (Å²) < 4.78 is 0. The molecule has 1 aromatic carbocycles. The molecule has 21 heavy (non-hydrogen) atoms. The number of aromatic hydroxyl groups is 1. The van der Waals surface area contributed by atoms with Gasteiger partial charge in [-0.05, 0) is 31.0 Å². The number of phenolic OH excluding ortho intramolecular Hbond substituents is 1. The first kappa shape index (κ1) is 13.6. The fraction of sp³-hybridized carbons (Fsp3) is 0.333. The van der Waals surface area contributed by atoms with Crippen LogP contribution in [0.3, 0.4) is 0 Å². The molecule has 0 amide bonds. The van der Waals surface area contributed by atoms with Crippen LogP contribution in [0.2, 0.25) is 0 Å². The molecule has 1 aliphatic heterocycles. The van der Waals surface area contributed by atoms with Crippen molar-refractivity contribution in [3.05, 3.63) is 30.3 Å². The number of para-hydroxylation sites is 1. The first-order valence-corrected chi connectivity index (χ1v) is 6.99. The number of nitrogen functional groups attached to an aromatic ring is 1. The lowest BCUT2D eigenvalue weighted by atomic mass is 10.1. The first-order chi connectivity index (χ1) is 10.1. The summed E-state index contributed by atoms with van der Waals surface area (Å²) in [5, 5.41) is 27.8. The summed E-state index contributed by atoms with van der Waals surface area (Å²) in [5.74, 6) is 0.490. The molecule has 0 unspecified atom stereocenters. The summed E-state index contributed by atoms with van der Waals surface area (Å²) >= 11 is 0. The lowest BCUT2D eigenvalue weighted by Gasteiger charge is -2.32. The van der Waals surface area contributed by atoms with Crippen LogP contribution in [0.15, 0.2) is 30.3 Å². The third-order valence-electron chi connectivity index (χ3n) is 3.72. The van der Waals surface area contributed by atoms with Crippen LogP contribution in [-0.2, 0) is 0 Å². The van der Waals surface area contributed by atoms with Gasteiger partial charge in [0.05, 0.1) is 17.5 Å². The Labute approximate surface area is 122 Å². The predicted octanol–water partition coefficient (Wildman–Crippen LogP) is 1.39. The van der Waals surface area contributed by atoms with Gasteiger partial charge in [-0.1, -0.05) is 12.1 Å². The monoisotopic (exact) mass is 286 g/mol. The molecule has 1 fully saturated rings. The lowest BCUT2D eigenvalue weighted by Crippen LogP contribution is -2.38. The Morgan fingerprint density at radius 2 is 2.05 bits per heavy atom. The number of benzene rings is 1. The van der Waals surface area contributed by atoms with Gasteiger partial charge in [-0.25, -0.2) is 0 Å². The summed E-state index contributed by atoms with van der Waals surface area (Å²) in [7, 11) is 0. The minimum absolute atomic E-state index is 0.154. The standard InChI is InChI=1S/C15H18N4O2/c16-15-13(19-7-3-4-10(20)9-19)8-12(17-18-15)11-5-1-2-6-14(11)21/h1-2,5-6,8,10,20-21H,3-4,7,9H2,(H2,16,18)/t10-/m0/s1. The Hall–Kier alpha value is -2.34. The van der Waals surface area contributed by atoms with E-state index in [1.54, 1.807) is 18.2 Å². The van der Waals surface area contributed by atoms with Crippen molar-refractivity contribution in [2.75, 3.05) is 23.7 Å². The molecule has 3 rings (SSSR count). The highest BCUT2D eigenvalue weighted by molar-refractivity contribution is 5.74. The quantitative estimate of drug-likeness (QED) is 0.772. The van der Waals surface area contributed by atoms with Crippen molar-refractivity contribution in [2.24, 2.45) is 0 Å². The average molecular weight is 286 g/mol. The molecule has 6 nitrogen and oxygen atoms in total. The average Bonchev–Trinajstić information content (AvgIpc) is 2.48. The number of aromatic nitrogens is 2. The molecule has 1 saturated heterocycles. The van der Waals surface area contributed by atoms with Crippen molar-refractivity contribution in [1.29, 1.82) is 0 Å². The van der Waals surface area contributed by atoms with Gasteiger partial charge in [-0.2, -0.15) is 0 Å². The van der Waals surface area contributed by atoms with Gasteiger partial charge in [-0.3, -0.25) is 0 Å². The minimum Gasteiger partial charge on any atom is -0.507 e. The highest BCUT2D eigenvalue weighted by Gasteiger charge is 2.21. The molecular weight excluding hydrogens is 268 g/mol. The molecule has 0 spiro atoms. The SMILES string of the molecule is Nc1nnc(-c2ccccc2O)cc1N1CCC[C@H](O)C1. The highest BCUT2D eigenvalue weighted by atomic mass is 16.3. The van der Waals surface area contributed by atoms with Crippen molar-refractivity contribution in [3.8, 4) is 17.0 Å². The number of hydrogen-bond donors (Lipinski definition) is 3. The number of rotatable bonds is 2. The van der Waals surface area contributed by atoms with Gasteiger partial charge < -0.3 is 20.8 Å². The number of hydrogen-bond acceptors (Lipinski definition) is 6. The number of aliphatic hydroxyl groups is 1. The fourth-order valence-corrected chi connectivity index (χ4v) is 2.64. The van der Waals surface area contributed by atoms with E-state index in [1.807, 2.05) is 17.0 Å². The van der Waals surface area contributed by atoms with Gasteiger partial charge in [0.2, 0.25) is 0 Å². The smallest absolute Gasteiger partial charge is 0.169 e. The molecule has 110 valence electrons. The van der Waals surface area contributed by atoms with Crippen LogP contribution in [0.4, 0.5) is 11.5 Å². The number of piperidine rings is 1. The van der Waals surface area contributed by atoms with Gasteiger partial charge in [0.1, 0.15) is 5.75 Å². The van der Waals surface area contributed by atoms with Crippen molar-refractivity contribution in [3.63, 3.8) is 0 Å². The van der Waals surface area contributed by atoms with E-state index in [-0.39, 0.29) is 11.9 Å². The summed E-state index contributed by atoms with van der Waals surface area (Å²) in [4.78, 5) is 2.02. The normalized spacial score (nSPS) is 18.7. The maximum atomic E-state index is 9.92. The summed E-state index contributed by atoms with van der Waals surface area (Å²) in [5.41, 5.74) is 7.86. The number of phenols is 1. The van der Waals surface area contributed by atoms with Crippen LogP contribution in [0.5, 0.6) is 5.75 Å². The third kappa shape index (κ3) is 2.75. The van der Waals surface area contributed by atoms with Crippen LogP contribution in [-0.4, -0.2) is 39.6 Å². The first-order valence-electron chi connectivity index (χ1n) is 6.99. The van der Waals surface area contributed by atoms with E-state index in [1.165, 1.54) is 0 Å². The largest absolute Gasteiger partial charge is 0.507 e. The van der Waals surface area contributed by atoms with Crippen LogP contribution >= 0.6 is 0 Å². The van der Waals surface area contributed by atoms with E-state index in [4.69, 9.17) is 5.73 Å². The number of nitrogens with two attached hydrogens (primary N) is 1.